The number of ether oxygens (including phenoxy) is 3. The van der Waals surface area contributed by atoms with Crippen LogP contribution in [0.4, 0.5) is 5.69 Å². The van der Waals surface area contributed by atoms with Crippen molar-refractivity contribution in [2.24, 2.45) is 0 Å². The topological polar surface area (TPSA) is 97.7 Å². The van der Waals surface area contributed by atoms with Crippen LogP contribution in [0, 0.1) is 25.2 Å². The summed E-state index contributed by atoms with van der Waals surface area (Å²) in [4.78, 5) is 23.7. The maximum absolute atomic E-state index is 12.5. The molecule has 1 amide bonds. The van der Waals surface area contributed by atoms with Crippen molar-refractivity contribution in [2.75, 3.05) is 26.1 Å². The van der Waals surface area contributed by atoms with Crippen molar-refractivity contribution in [1.29, 1.82) is 5.26 Å². The number of methoxy groups -OCH3 is 2. The van der Waals surface area contributed by atoms with Gasteiger partial charge in [0.15, 0.2) is 18.1 Å². The number of aryl methyl sites for hydroxylation is 2. The van der Waals surface area contributed by atoms with E-state index in [0.717, 1.165) is 11.1 Å². The zero-order valence-corrected chi connectivity index (χ0v) is 16.7. The first-order valence-corrected chi connectivity index (χ1v) is 8.76. The summed E-state index contributed by atoms with van der Waals surface area (Å²) in [5, 5.41) is 12.1. The maximum Gasteiger partial charge on any atom is 0.343 e. The monoisotopic (exact) mass is 394 g/mol. The molecule has 7 heteroatoms. The second-order valence-electron chi connectivity index (χ2n) is 6.20. The predicted octanol–water partition coefficient (Wildman–Crippen LogP) is 3.41. The van der Waals surface area contributed by atoms with E-state index in [2.05, 4.69) is 10.1 Å². The number of nitriles is 1. The highest BCUT2D eigenvalue weighted by atomic mass is 16.6. The Morgan fingerprint density at radius 1 is 1.07 bits per heavy atom. The number of esters is 1. The molecular formula is C22H22N2O5. The first kappa shape index (κ1) is 21.5. The zero-order chi connectivity index (χ0) is 21.4. The van der Waals surface area contributed by atoms with E-state index in [9.17, 15) is 14.9 Å². The van der Waals surface area contributed by atoms with Crippen LogP contribution in [-0.2, 0) is 14.3 Å². The molecule has 2 rings (SSSR count). The number of carbonyl (C=O) groups excluding carboxylic acids is 2. The third-order valence-corrected chi connectivity index (χ3v) is 4.20. The molecule has 0 atom stereocenters. The van der Waals surface area contributed by atoms with Crippen molar-refractivity contribution in [3.63, 3.8) is 0 Å². The second-order valence-corrected chi connectivity index (χ2v) is 6.20. The second kappa shape index (κ2) is 9.95. The Labute approximate surface area is 169 Å². The van der Waals surface area contributed by atoms with E-state index in [-0.39, 0.29) is 12.2 Å². The minimum atomic E-state index is -0.522. The molecule has 0 spiro atoms. The predicted molar refractivity (Wildman–Crippen MR) is 109 cm³/mol. The van der Waals surface area contributed by atoms with Crippen molar-refractivity contribution in [3.8, 4) is 17.6 Å². The number of amides is 1. The molecule has 0 bridgehead atoms. The summed E-state index contributed by atoms with van der Waals surface area (Å²) in [5.74, 6) is -0.339. The lowest BCUT2D eigenvalue weighted by atomic mass is 10.1. The van der Waals surface area contributed by atoms with Crippen LogP contribution in [0.15, 0.2) is 42.0 Å². The molecule has 0 aliphatic rings. The first-order chi connectivity index (χ1) is 13.9. The third kappa shape index (κ3) is 5.84. The van der Waals surface area contributed by atoms with Crippen LogP contribution in [0.1, 0.15) is 16.7 Å². The van der Waals surface area contributed by atoms with Gasteiger partial charge in [0.05, 0.1) is 14.2 Å². The van der Waals surface area contributed by atoms with Gasteiger partial charge in [-0.05, 0) is 60.9 Å². The minimum Gasteiger partial charge on any atom is -0.493 e. The molecule has 0 saturated heterocycles. The molecule has 2 aromatic carbocycles. The number of rotatable bonds is 7. The van der Waals surface area contributed by atoms with Gasteiger partial charge in [-0.25, -0.2) is 4.79 Å². The van der Waals surface area contributed by atoms with E-state index in [1.807, 2.05) is 32.0 Å². The Hall–Kier alpha value is -3.79. The average molecular weight is 394 g/mol. The molecule has 0 fully saturated rings. The molecule has 0 aromatic heterocycles. The molecule has 1 N–H and O–H groups in total. The Bertz CT molecular complexity index is 989. The molecular weight excluding hydrogens is 372 g/mol. The lowest BCUT2D eigenvalue weighted by molar-refractivity contribution is -0.142. The van der Waals surface area contributed by atoms with Gasteiger partial charge in [-0.2, -0.15) is 5.26 Å². The van der Waals surface area contributed by atoms with Crippen molar-refractivity contribution in [3.05, 3.63) is 58.7 Å². The van der Waals surface area contributed by atoms with E-state index in [1.165, 1.54) is 20.3 Å². The van der Waals surface area contributed by atoms with Crippen LogP contribution >= 0.6 is 0 Å². The van der Waals surface area contributed by atoms with Crippen LogP contribution in [0.2, 0.25) is 0 Å². The van der Waals surface area contributed by atoms with E-state index in [0.29, 0.717) is 22.7 Å². The van der Waals surface area contributed by atoms with E-state index >= 15 is 0 Å². The van der Waals surface area contributed by atoms with Crippen LogP contribution in [0.3, 0.4) is 0 Å². The summed E-state index contributed by atoms with van der Waals surface area (Å²) >= 11 is 0. The first-order valence-electron chi connectivity index (χ1n) is 8.76. The van der Waals surface area contributed by atoms with Crippen LogP contribution < -0.4 is 14.8 Å². The van der Waals surface area contributed by atoms with Gasteiger partial charge in [0.1, 0.15) is 11.6 Å². The van der Waals surface area contributed by atoms with Crippen LogP contribution in [0.5, 0.6) is 11.5 Å². The highest BCUT2D eigenvalue weighted by Crippen LogP contribution is 2.29. The van der Waals surface area contributed by atoms with Gasteiger partial charge in [-0.15, -0.1) is 0 Å². The Morgan fingerprint density at radius 3 is 2.45 bits per heavy atom. The number of hydrogen-bond donors (Lipinski definition) is 1. The van der Waals surface area contributed by atoms with Gasteiger partial charge in [0.2, 0.25) is 0 Å². The average Bonchev–Trinajstić information content (AvgIpc) is 2.72. The fourth-order valence-electron chi connectivity index (χ4n) is 2.42. The summed E-state index contributed by atoms with van der Waals surface area (Å²) in [6, 6.07) is 12.3. The molecule has 0 aliphatic carbocycles. The molecule has 0 heterocycles. The summed E-state index contributed by atoms with van der Waals surface area (Å²) in [7, 11) is 2.72. The fraction of sp³-hybridized carbons (Fsp3) is 0.227. The van der Waals surface area contributed by atoms with Gasteiger partial charge in [0.25, 0.3) is 5.91 Å². The highest BCUT2D eigenvalue weighted by Gasteiger charge is 2.12. The maximum atomic E-state index is 12.5. The summed E-state index contributed by atoms with van der Waals surface area (Å²) < 4.78 is 15.1. The number of nitrogens with zero attached hydrogens (tertiary/aromatic N) is 1. The molecule has 0 saturated carbocycles. The number of anilines is 1. The molecule has 150 valence electrons. The van der Waals surface area contributed by atoms with Gasteiger partial charge in [0, 0.05) is 5.69 Å². The third-order valence-electron chi connectivity index (χ3n) is 4.20. The Kier molecular flexibility index (Phi) is 7.38. The zero-order valence-electron chi connectivity index (χ0n) is 16.7. The van der Waals surface area contributed by atoms with Crippen molar-refractivity contribution >= 4 is 23.6 Å². The number of hydrogen-bond acceptors (Lipinski definition) is 6. The van der Waals surface area contributed by atoms with E-state index < -0.39 is 11.9 Å². The standard InChI is InChI=1S/C22H22N2O5/c1-14-5-7-18(9-15(14)2)24-22(26)17(12-23)10-16-6-8-19(20(11-16)27-3)29-13-21(25)28-4/h5-11H,13H2,1-4H3,(H,24,26)/b17-10+. The molecule has 7 nitrogen and oxygen atoms in total. The number of benzene rings is 2. The lowest BCUT2D eigenvalue weighted by Crippen LogP contribution is -2.13. The van der Waals surface area contributed by atoms with Gasteiger partial charge in [-0.1, -0.05) is 12.1 Å². The molecule has 0 unspecified atom stereocenters. The lowest BCUT2D eigenvalue weighted by Gasteiger charge is -2.11. The SMILES string of the molecule is COC(=O)COc1ccc(/C=C(\C#N)C(=O)Nc2ccc(C)c(C)c2)cc1OC. The van der Waals surface area contributed by atoms with Gasteiger partial charge < -0.3 is 19.5 Å². The summed E-state index contributed by atoms with van der Waals surface area (Å²) in [6.07, 6.45) is 1.45. The summed E-state index contributed by atoms with van der Waals surface area (Å²) in [6.45, 7) is 3.67. The van der Waals surface area contributed by atoms with Gasteiger partial charge in [-0.3, -0.25) is 4.79 Å². The van der Waals surface area contributed by atoms with E-state index in [1.54, 1.807) is 24.3 Å². The molecule has 2 aromatic rings. The molecule has 0 aliphatic heterocycles. The smallest absolute Gasteiger partial charge is 0.343 e. The minimum absolute atomic E-state index is 0.0616. The van der Waals surface area contributed by atoms with Crippen LogP contribution in [-0.4, -0.2) is 32.7 Å². The molecule has 0 radical (unpaired) electrons. The number of nitrogens with one attached hydrogen (secondary N) is 1. The van der Waals surface area contributed by atoms with Crippen molar-refractivity contribution in [1.82, 2.24) is 0 Å². The van der Waals surface area contributed by atoms with Gasteiger partial charge >= 0.3 is 5.97 Å². The van der Waals surface area contributed by atoms with Crippen LogP contribution in [0.25, 0.3) is 6.08 Å². The summed E-state index contributed by atoms with van der Waals surface area (Å²) in [5.41, 5.74) is 3.27. The highest BCUT2D eigenvalue weighted by molar-refractivity contribution is 6.09. The largest absolute Gasteiger partial charge is 0.493 e. The Morgan fingerprint density at radius 2 is 1.83 bits per heavy atom. The van der Waals surface area contributed by atoms with Crippen molar-refractivity contribution < 1.29 is 23.8 Å². The van der Waals surface area contributed by atoms with Crippen molar-refractivity contribution in [2.45, 2.75) is 13.8 Å². The molecule has 29 heavy (non-hydrogen) atoms. The number of carbonyl (C=O) groups is 2. The quantitative estimate of drug-likeness (QED) is 0.439. The normalized spacial score (nSPS) is 10.7. The Balaban J connectivity index is 2.20. The van der Waals surface area contributed by atoms with E-state index in [4.69, 9.17) is 9.47 Å². The fourth-order valence-corrected chi connectivity index (χ4v) is 2.42.